The number of nitrogens with one attached hydrogen (secondary N) is 1. The predicted octanol–water partition coefficient (Wildman–Crippen LogP) is 0.280. The minimum Gasteiger partial charge on any atom is -0.346 e. The lowest BCUT2D eigenvalue weighted by Gasteiger charge is -2.06. The zero-order valence-corrected chi connectivity index (χ0v) is 7.99. The summed E-state index contributed by atoms with van der Waals surface area (Å²) >= 11 is 0. The highest BCUT2D eigenvalue weighted by molar-refractivity contribution is 5.25. The Labute approximate surface area is 77.3 Å². The first-order valence-electron chi connectivity index (χ1n) is 4.53. The number of aromatic nitrogens is 3. The SMILES string of the molecule is CN(C)c1n[nH]c(C(N)C2CC2)n1. The molecule has 1 aromatic heterocycles. The molecule has 72 valence electrons. The average molecular weight is 181 g/mol. The van der Waals surface area contributed by atoms with E-state index in [0.29, 0.717) is 11.9 Å². The van der Waals surface area contributed by atoms with Gasteiger partial charge >= 0.3 is 0 Å². The van der Waals surface area contributed by atoms with Gasteiger partial charge in [0.2, 0.25) is 5.95 Å². The van der Waals surface area contributed by atoms with Crippen LogP contribution in [0.4, 0.5) is 5.95 Å². The molecule has 2 rings (SSSR count). The van der Waals surface area contributed by atoms with Crippen LogP contribution in [0.15, 0.2) is 0 Å². The van der Waals surface area contributed by atoms with Gasteiger partial charge in [0, 0.05) is 14.1 Å². The number of nitrogens with zero attached hydrogens (tertiary/aromatic N) is 3. The molecule has 0 amide bonds. The molecular formula is C8H15N5. The van der Waals surface area contributed by atoms with E-state index < -0.39 is 0 Å². The summed E-state index contributed by atoms with van der Waals surface area (Å²) in [6.45, 7) is 0. The van der Waals surface area contributed by atoms with E-state index in [1.807, 2.05) is 19.0 Å². The second kappa shape index (κ2) is 2.99. The van der Waals surface area contributed by atoms with Crippen molar-refractivity contribution < 1.29 is 0 Å². The van der Waals surface area contributed by atoms with Crippen molar-refractivity contribution in [3.63, 3.8) is 0 Å². The van der Waals surface area contributed by atoms with Gasteiger partial charge in [-0.15, -0.1) is 5.10 Å². The summed E-state index contributed by atoms with van der Waals surface area (Å²) in [5, 5.41) is 6.94. The fourth-order valence-corrected chi connectivity index (χ4v) is 1.29. The molecule has 0 bridgehead atoms. The summed E-state index contributed by atoms with van der Waals surface area (Å²) in [6.07, 6.45) is 2.44. The van der Waals surface area contributed by atoms with E-state index >= 15 is 0 Å². The maximum Gasteiger partial charge on any atom is 0.244 e. The van der Waals surface area contributed by atoms with Crippen LogP contribution in [0.5, 0.6) is 0 Å². The Balaban J connectivity index is 2.11. The monoisotopic (exact) mass is 181 g/mol. The normalized spacial score (nSPS) is 18.7. The smallest absolute Gasteiger partial charge is 0.244 e. The van der Waals surface area contributed by atoms with Gasteiger partial charge in [-0.25, -0.2) is 0 Å². The van der Waals surface area contributed by atoms with Crippen molar-refractivity contribution in [2.45, 2.75) is 18.9 Å². The van der Waals surface area contributed by atoms with Crippen LogP contribution in [0.1, 0.15) is 24.7 Å². The topological polar surface area (TPSA) is 70.8 Å². The molecule has 1 saturated carbocycles. The molecule has 1 aliphatic rings. The van der Waals surface area contributed by atoms with E-state index in [1.165, 1.54) is 12.8 Å². The highest BCUT2D eigenvalue weighted by Gasteiger charge is 2.31. The average Bonchev–Trinajstić information content (AvgIpc) is 2.81. The van der Waals surface area contributed by atoms with Crippen molar-refractivity contribution >= 4 is 5.95 Å². The molecule has 1 unspecified atom stereocenters. The number of rotatable bonds is 3. The lowest BCUT2D eigenvalue weighted by Crippen LogP contribution is -2.15. The van der Waals surface area contributed by atoms with Crippen LogP contribution in [0.2, 0.25) is 0 Å². The quantitative estimate of drug-likeness (QED) is 0.702. The van der Waals surface area contributed by atoms with Gasteiger partial charge in [-0.2, -0.15) is 4.98 Å². The highest BCUT2D eigenvalue weighted by Crippen LogP contribution is 2.38. The molecule has 0 spiro atoms. The molecule has 0 aliphatic heterocycles. The van der Waals surface area contributed by atoms with Gasteiger partial charge in [0.1, 0.15) is 5.82 Å². The van der Waals surface area contributed by atoms with Gasteiger partial charge in [-0.3, -0.25) is 5.10 Å². The Morgan fingerprint density at radius 1 is 1.54 bits per heavy atom. The largest absolute Gasteiger partial charge is 0.346 e. The van der Waals surface area contributed by atoms with Crippen molar-refractivity contribution in [3.8, 4) is 0 Å². The molecular weight excluding hydrogens is 166 g/mol. The molecule has 1 fully saturated rings. The molecule has 3 N–H and O–H groups in total. The van der Waals surface area contributed by atoms with Crippen LogP contribution in [0.3, 0.4) is 0 Å². The van der Waals surface area contributed by atoms with Crippen LogP contribution in [-0.2, 0) is 0 Å². The number of H-pyrrole nitrogens is 1. The predicted molar refractivity (Wildman–Crippen MR) is 50.4 cm³/mol. The van der Waals surface area contributed by atoms with E-state index in [2.05, 4.69) is 15.2 Å². The van der Waals surface area contributed by atoms with Crippen LogP contribution in [0, 0.1) is 5.92 Å². The number of hydrogen-bond acceptors (Lipinski definition) is 4. The minimum absolute atomic E-state index is 0.0428. The van der Waals surface area contributed by atoms with Crippen LogP contribution in [-0.4, -0.2) is 29.3 Å². The Hall–Kier alpha value is -1.10. The Morgan fingerprint density at radius 2 is 2.23 bits per heavy atom. The van der Waals surface area contributed by atoms with E-state index in [9.17, 15) is 0 Å². The van der Waals surface area contributed by atoms with E-state index in [1.54, 1.807) is 0 Å². The van der Waals surface area contributed by atoms with Crippen LogP contribution >= 0.6 is 0 Å². The highest BCUT2D eigenvalue weighted by atomic mass is 15.3. The zero-order chi connectivity index (χ0) is 9.42. The van der Waals surface area contributed by atoms with Crippen molar-refractivity contribution in [2.24, 2.45) is 11.7 Å². The fraction of sp³-hybridized carbons (Fsp3) is 0.750. The van der Waals surface area contributed by atoms with Crippen molar-refractivity contribution in [1.29, 1.82) is 0 Å². The second-order valence-electron chi connectivity index (χ2n) is 3.78. The third-order valence-corrected chi connectivity index (χ3v) is 2.34. The number of aromatic amines is 1. The third-order valence-electron chi connectivity index (χ3n) is 2.34. The van der Waals surface area contributed by atoms with Crippen molar-refractivity contribution in [2.75, 3.05) is 19.0 Å². The van der Waals surface area contributed by atoms with E-state index in [-0.39, 0.29) is 6.04 Å². The van der Waals surface area contributed by atoms with Gasteiger partial charge in [-0.1, -0.05) is 0 Å². The fourth-order valence-electron chi connectivity index (χ4n) is 1.29. The first-order valence-corrected chi connectivity index (χ1v) is 4.53. The summed E-state index contributed by atoms with van der Waals surface area (Å²) in [7, 11) is 3.82. The maximum absolute atomic E-state index is 5.96. The van der Waals surface area contributed by atoms with Gasteiger partial charge in [-0.05, 0) is 18.8 Å². The summed E-state index contributed by atoms with van der Waals surface area (Å²) in [6, 6.07) is 0.0428. The molecule has 5 heteroatoms. The first kappa shape index (κ1) is 8.50. The summed E-state index contributed by atoms with van der Waals surface area (Å²) in [5.74, 6) is 2.13. The third kappa shape index (κ3) is 1.65. The Kier molecular flexibility index (Phi) is 1.95. The van der Waals surface area contributed by atoms with Crippen LogP contribution in [0.25, 0.3) is 0 Å². The molecule has 1 atom stereocenters. The minimum atomic E-state index is 0.0428. The Bertz CT molecular complexity index is 288. The molecule has 1 heterocycles. The first-order chi connectivity index (χ1) is 6.18. The van der Waals surface area contributed by atoms with Gasteiger partial charge < -0.3 is 10.6 Å². The number of anilines is 1. The van der Waals surface area contributed by atoms with Gasteiger partial charge in [0.05, 0.1) is 6.04 Å². The molecule has 0 radical (unpaired) electrons. The molecule has 1 aliphatic carbocycles. The van der Waals surface area contributed by atoms with E-state index in [0.717, 1.165) is 5.82 Å². The lowest BCUT2D eigenvalue weighted by atomic mass is 10.2. The second-order valence-corrected chi connectivity index (χ2v) is 3.78. The Morgan fingerprint density at radius 3 is 2.69 bits per heavy atom. The summed E-state index contributed by atoms with van der Waals surface area (Å²) < 4.78 is 0. The molecule has 0 saturated heterocycles. The zero-order valence-electron chi connectivity index (χ0n) is 7.99. The summed E-state index contributed by atoms with van der Waals surface area (Å²) in [4.78, 5) is 6.17. The molecule has 13 heavy (non-hydrogen) atoms. The van der Waals surface area contributed by atoms with Crippen molar-refractivity contribution in [3.05, 3.63) is 5.82 Å². The van der Waals surface area contributed by atoms with Gasteiger partial charge in [0.15, 0.2) is 0 Å². The number of nitrogens with two attached hydrogens (primary N) is 1. The molecule has 0 aromatic carbocycles. The summed E-state index contributed by atoms with van der Waals surface area (Å²) in [5.41, 5.74) is 5.96. The van der Waals surface area contributed by atoms with Crippen LogP contribution < -0.4 is 10.6 Å². The molecule has 1 aromatic rings. The molecule has 5 nitrogen and oxygen atoms in total. The van der Waals surface area contributed by atoms with E-state index in [4.69, 9.17) is 5.73 Å². The number of hydrogen-bond donors (Lipinski definition) is 2. The lowest BCUT2D eigenvalue weighted by molar-refractivity contribution is 0.596. The van der Waals surface area contributed by atoms with Gasteiger partial charge in [0.25, 0.3) is 0 Å². The maximum atomic E-state index is 5.96. The van der Waals surface area contributed by atoms with Crippen molar-refractivity contribution in [1.82, 2.24) is 15.2 Å². The standard InChI is InChI=1S/C8H15N5/c1-13(2)8-10-7(11-12-8)6(9)5-3-4-5/h5-6H,3-4,9H2,1-2H3,(H,10,11,12).